The number of hydrogen-bond donors (Lipinski definition) is 2. The number of rotatable bonds is 3. The normalized spacial score (nSPS) is 30.5. The highest BCUT2D eigenvalue weighted by Crippen LogP contribution is 2.35. The maximum atomic E-state index is 11.9. The molecule has 3 unspecified atom stereocenters. The van der Waals surface area contributed by atoms with Crippen LogP contribution in [0.4, 0.5) is 0 Å². The average molecular weight is 299 g/mol. The molecule has 5 nitrogen and oxygen atoms in total. The summed E-state index contributed by atoms with van der Waals surface area (Å²) in [6, 6.07) is 9.47. The molecular weight excluding hydrogens is 282 g/mol. The summed E-state index contributed by atoms with van der Waals surface area (Å²) in [5.74, 6) is -0.378. The standard InChI is InChI=1S/C17H17NO4/c19-13-8-9-17(21)11-16(22-14(17)10-13)18-15(20)7-6-12-4-2-1-3-5-12/h1-9,14,16,21H,10-11H2,(H,18,20)/b7-6+. The average Bonchev–Trinajstić information content (AvgIpc) is 2.82. The lowest BCUT2D eigenvalue weighted by Crippen LogP contribution is -2.40. The molecule has 1 aliphatic carbocycles. The van der Waals surface area contributed by atoms with Gasteiger partial charge in [0.15, 0.2) is 5.78 Å². The molecule has 1 amide bonds. The fourth-order valence-electron chi connectivity index (χ4n) is 2.71. The molecule has 0 spiro atoms. The SMILES string of the molecule is O=C1C=CC2(O)CC(NC(=O)/C=C/c3ccccc3)OC2C1. The van der Waals surface area contributed by atoms with E-state index in [4.69, 9.17) is 4.74 Å². The van der Waals surface area contributed by atoms with Gasteiger partial charge in [0.1, 0.15) is 11.8 Å². The third-order valence-electron chi connectivity index (χ3n) is 3.87. The van der Waals surface area contributed by atoms with Crippen LogP contribution < -0.4 is 5.32 Å². The van der Waals surface area contributed by atoms with Crippen molar-refractivity contribution in [3.8, 4) is 0 Å². The number of nitrogens with one attached hydrogen (secondary N) is 1. The minimum atomic E-state index is -1.17. The first-order valence-corrected chi connectivity index (χ1v) is 7.19. The molecule has 22 heavy (non-hydrogen) atoms. The second kappa shape index (κ2) is 5.87. The number of amides is 1. The van der Waals surface area contributed by atoms with E-state index < -0.39 is 17.9 Å². The van der Waals surface area contributed by atoms with Crippen LogP contribution in [0.2, 0.25) is 0 Å². The van der Waals surface area contributed by atoms with E-state index in [1.54, 1.807) is 6.08 Å². The molecule has 3 rings (SSSR count). The Morgan fingerprint density at radius 2 is 2.14 bits per heavy atom. The maximum absolute atomic E-state index is 11.9. The Morgan fingerprint density at radius 3 is 2.91 bits per heavy atom. The van der Waals surface area contributed by atoms with Gasteiger partial charge in [0.25, 0.3) is 0 Å². The van der Waals surface area contributed by atoms with E-state index >= 15 is 0 Å². The maximum Gasteiger partial charge on any atom is 0.245 e. The summed E-state index contributed by atoms with van der Waals surface area (Å²) in [6.45, 7) is 0. The number of ketones is 1. The van der Waals surface area contributed by atoms with Crippen LogP contribution >= 0.6 is 0 Å². The van der Waals surface area contributed by atoms with Crippen LogP contribution in [-0.2, 0) is 14.3 Å². The quantitative estimate of drug-likeness (QED) is 0.822. The lowest BCUT2D eigenvalue weighted by atomic mass is 9.87. The molecule has 2 N–H and O–H groups in total. The van der Waals surface area contributed by atoms with E-state index in [2.05, 4.69) is 5.32 Å². The van der Waals surface area contributed by atoms with Crippen molar-refractivity contribution >= 4 is 17.8 Å². The van der Waals surface area contributed by atoms with Crippen LogP contribution in [0.25, 0.3) is 6.08 Å². The van der Waals surface area contributed by atoms with Crippen LogP contribution in [-0.4, -0.2) is 34.7 Å². The number of aliphatic hydroxyl groups is 1. The highest BCUT2D eigenvalue weighted by molar-refractivity contribution is 5.92. The summed E-state index contributed by atoms with van der Waals surface area (Å²) in [5.41, 5.74) is -0.250. The van der Waals surface area contributed by atoms with Gasteiger partial charge in [0.05, 0.1) is 6.10 Å². The Bertz CT molecular complexity index is 637. The summed E-state index contributed by atoms with van der Waals surface area (Å²) in [7, 11) is 0. The molecule has 1 heterocycles. The van der Waals surface area contributed by atoms with Gasteiger partial charge in [-0.05, 0) is 23.8 Å². The number of carbonyl (C=O) groups is 2. The summed E-state index contributed by atoms with van der Waals surface area (Å²) in [5, 5.41) is 13.1. The van der Waals surface area contributed by atoms with Gasteiger partial charge in [-0.2, -0.15) is 0 Å². The Balaban J connectivity index is 1.59. The topological polar surface area (TPSA) is 75.6 Å². The molecule has 2 aliphatic rings. The lowest BCUT2D eigenvalue weighted by molar-refractivity contribution is -0.124. The van der Waals surface area contributed by atoms with Crippen LogP contribution in [0, 0.1) is 0 Å². The van der Waals surface area contributed by atoms with Crippen molar-refractivity contribution in [3.05, 3.63) is 54.1 Å². The van der Waals surface area contributed by atoms with Gasteiger partial charge in [0, 0.05) is 18.9 Å². The fourth-order valence-corrected chi connectivity index (χ4v) is 2.71. The Labute approximate surface area is 128 Å². The molecule has 1 fully saturated rings. The van der Waals surface area contributed by atoms with Crippen molar-refractivity contribution in [2.75, 3.05) is 0 Å². The summed E-state index contributed by atoms with van der Waals surface area (Å²) >= 11 is 0. The summed E-state index contributed by atoms with van der Waals surface area (Å²) < 4.78 is 5.57. The first-order valence-electron chi connectivity index (χ1n) is 7.19. The van der Waals surface area contributed by atoms with Crippen LogP contribution in [0.15, 0.2) is 48.6 Å². The molecule has 0 aromatic heterocycles. The monoisotopic (exact) mass is 299 g/mol. The smallest absolute Gasteiger partial charge is 0.245 e. The van der Waals surface area contributed by atoms with Gasteiger partial charge in [-0.3, -0.25) is 9.59 Å². The van der Waals surface area contributed by atoms with Crippen molar-refractivity contribution in [1.29, 1.82) is 0 Å². The van der Waals surface area contributed by atoms with Crippen molar-refractivity contribution < 1.29 is 19.4 Å². The third-order valence-corrected chi connectivity index (χ3v) is 3.87. The number of carbonyl (C=O) groups excluding carboxylic acids is 2. The van der Waals surface area contributed by atoms with E-state index in [1.807, 2.05) is 30.3 Å². The molecule has 1 saturated heterocycles. The van der Waals surface area contributed by atoms with Gasteiger partial charge in [-0.25, -0.2) is 0 Å². The number of ether oxygens (including phenoxy) is 1. The minimum absolute atomic E-state index is 0.0781. The predicted octanol–water partition coefficient (Wildman–Crippen LogP) is 1.19. The Hall–Kier alpha value is -2.24. The van der Waals surface area contributed by atoms with E-state index in [0.717, 1.165) is 5.56 Å². The summed E-state index contributed by atoms with van der Waals surface area (Å²) in [6.07, 6.45) is 5.16. The first kappa shape index (κ1) is 14.7. The van der Waals surface area contributed by atoms with E-state index in [-0.39, 0.29) is 24.5 Å². The number of allylic oxidation sites excluding steroid dienone is 1. The molecular formula is C17H17NO4. The van der Waals surface area contributed by atoms with Crippen LogP contribution in [0.1, 0.15) is 18.4 Å². The molecule has 1 aliphatic heterocycles. The van der Waals surface area contributed by atoms with Crippen molar-refractivity contribution in [2.24, 2.45) is 0 Å². The van der Waals surface area contributed by atoms with Crippen LogP contribution in [0.5, 0.6) is 0 Å². The van der Waals surface area contributed by atoms with Crippen molar-refractivity contribution in [3.63, 3.8) is 0 Å². The minimum Gasteiger partial charge on any atom is -0.383 e. The van der Waals surface area contributed by atoms with Gasteiger partial charge in [0.2, 0.25) is 5.91 Å². The highest BCUT2D eigenvalue weighted by atomic mass is 16.5. The molecule has 0 bridgehead atoms. The fraction of sp³-hybridized carbons (Fsp3) is 0.294. The second-order valence-electron chi connectivity index (χ2n) is 5.57. The molecule has 0 radical (unpaired) electrons. The molecule has 114 valence electrons. The molecule has 5 heteroatoms. The van der Waals surface area contributed by atoms with Crippen LogP contribution in [0.3, 0.4) is 0 Å². The van der Waals surface area contributed by atoms with Crippen molar-refractivity contribution in [1.82, 2.24) is 5.32 Å². The van der Waals surface area contributed by atoms with Crippen molar-refractivity contribution in [2.45, 2.75) is 30.8 Å². The van der Waals surface area contributed by atoms with Gasteiger partial charge >= 0.3 is 0 Å². The molecule has 3 atom stereocenters. The first-order chi connectivity index (χ1) is 10.5. The lowest BCUT2D eigenvalue weighted by Gasteiger charge is -2.26. The third kappa shape index (κ3) is 3.16. The van der Waals surface area contributed by atoms with Gasteiger partial charge in [-0.1, -0.05) is 30.3 Å². The van der Waals surface area contributed by atoms with E-state index in [1.165, 1.54) is 18.2 Å². The largest absolute Gasteiger partial charge is 0.383 e. The molecule has 1 aromatic carbocycles. The molecule has 0 saturated carbocycles. The Morgan fingerprint density at radius 1 is 1.36 bits per heavy atom. The Kier molecular flexibility index (Phi) is 3.92. The highest BCUT2D eigenvalue weighted by Gasteiger charge is 2.48. The zero-order valence-electron chi connectivity index (χ0n) is 11.9. The van der Waals surface area contributed by atoms with Gasteiger partial charge < -0.3 is 15.2 Å². The second-order valence-corrected chi connectivity index (χ2v) is 5.57. The van der Waals surface area contributed by atoms with E-state index in [0.29, 0.717) is 0 Å². The number of benzene rings is 1. The number of hydrogen-bond acceptors (Lipinski definition) is 4. The zero-order chi connectivity index (χ0) is 15.6. The zero-order valence-corrected chi connectivity index (χ0v) is 11.9. The van der Waals surface area contributed by atoms with E-state index in [9.17, 15) is 14.7 Å². The molecule has 1 aromatic rings. The van der Waals surface area contributed by atoms with Gasteiger partial charge in [-0.15, -0.1) is 0 Å². The summed E-state index contributed by atoms with van der Waals surface area (Å²) in [4.78, 5) is 23.3. The predicted molar refractivity (Wildman–Crippen MR) is 80.6 cm³/mol. The number of fused-ring (bicyclic) bond motifs is 1.